The fraction of sp³-hybridized carbons (Fsp3) is 0. The van der Waals surface area contributed by atoms with Gasteiger partial charge in [-0.15, -0.1) is 11.3 Å². The van der Waals surface area contributed by atoms with E-state index in [1.54, 1.807) is 6.07 Å². The van der Waals surface area contributed by atoms with E-state index >= 15 is 0 Å². The van der Waals surface area contributed by atoms with Crippen LogP contribution in [0, 0.1) is 0 Å². The predicted octanol–water partition coefficient (Wildman–Crippen LogP) is 0.985. The van der Waals surface area contributed by atoms with Gasteiger partial charge in [-0.3, -0.25) is 0 Å². The van der Waals surface area contributed by atoms with E-state index in [1.807, 2.05) is 5.38 Å². The zero-order valence-corrected chi connectivity index (χ0v) is 5.73. The average molecular weight is 153 g/mol. The molecule has 50 valence electrons. The fourth-order valence-corrected chi connectivity index (χ4v) is 1.42. The second kappa shape index (κ2) is 1.91. The van der Waals surface area contributed by atoms with Gasteiger partial charge >= 0.3 is 5.69 Å². The van der Waals surface area contributed by atoms with Gasteiger partial charge in [0.05, 0.1) is 17.8 Å². The van der Waals surface area contributed by atoms with Crippen LogP contribution in [0.2, 0.25) is 0 Å². The molecule has 0 aliphatic carbocycles. The van der Waals surface area contributed by atoms with Crippen molar-refractivity contribution in [3.05, 3.63) is 28.1 Å². The number of hydrogen-bond acceptors (Lipinski definition) is 3. The summed E-state index contributed by atoms with van der Waals surface area (Å²) in [4.78, 5) is 16.7. The van der Waals surface area contributed by atoms with Crippen molar-refractivity contribution in [1.29, 1.82) is 0 Å². The SMILES string of the molecule is [2H]c1nc(=O)[nH]c2ccsc12. The number of aromatic amines is 1. The van der Waals surface area contributed by atoms with Crippen molar-refractivity contribution >= 4 is 21.6 Å². The summed E-state index contributed by atoms with van der Waals surface area (Å²) in [7, 11) is 0. The lowest BCUT2D eigenvalue weighted by atomic mass is 10.5. The highest BCUT2D eigenvalue weighted by molar-refractivity contribution is 7.17. The third-order valence-electron chi connectivity index (χ3n) is 1.17. The van der Waals surface area contributed by atoms with Gasteiger partial charge in [0.1, 0.15) is 0 Å². The first-order valence-corrected chi connectivity index (χ1v) is 3.59. The minimum Gasteiger partial charge on any atom is -0.305 e. The molecule has 2 rings (SSSR count). The van der Waals surface area contributed by atoms with Gasteiger partial charge in [-0.2, -0.15) is 0 Å². The Morgan fingerprint density at radius 2 is 2.70 bits per heavy atom. The zero-order chi connectivity index (χ0) is 7.84. The molecule has 0 amide bonds. The van der Waals surface area contributed by atoms with E-state index in [-0.39, 0.29) is 6.17 Å². The zero-order valence-electron chi connectivity index (χ0n) is 5.92. The first-order valence-electron chi connectivity index (χ1n) is 3.21. The van der Waals surface area contributed by atoms with Crippen LogP contribution in [0.3, 0.4) is 0 Å². The molecular weight excluding hydrogens is 148 g/mol. The van der Waals surface area contributed by atoms with Crippen LogP contribution in [-0.4, -0.2) is 9.97 Å². The summed E-state index contributed by atoms with van der Waals surface area (Å²) >= 11 is 1.40. The third-order valence-corrected chi connectivity index (χ3v) is 1.98. The Hall–Kier alpha value is -1.16. The van der Waals surface area contributed by atoms with Crippen molar-refractivity contribution < 1.29 is 1.37 Å². The van der Waals surface area contributed by atoms with Crippen LogP contribution in [0.5, 0.6) is 0 Å². The Morgan fingerprint density at radius 1 is 1.80 bits per heavy atom. The molecule has 2 heterocycles. The Balaban J connectivity index is 3.02. The van der Waals surface area contributed by atoms with Gasteiger partial charge in [0.25, 0.3) is 0 Å². The molecule has 0 saturated heterocycles. The fourth-order valence-electron chi connectivity index (χ4n) is 0.739. The summed E-state index contributed by atoms with van der Waals surface area (Å²) in [5.41, 5.74) is 0.237. The number of fused-ring (bicyclic) bond motifs is 1. The maximum absolute atomic E-state index is 10.7. The molecule has 0 aromatic carbocycles. The molecule has 0 aliphatic rings. The van der Waals surface area contributed by atoms with Crippen molar-refractivity contribution in [3.63, 3.8) is 0 Å². The highest BCUT2D eigenvalue weighted by Gasteiger charge is 1.92. The quantitative estimate of drug-likeness (QED) is 0.613. The van der Waals surface area contributed by atoms with E-state index in [4.69, 9.17) is 1.37 Å². The Bertz CT molecular complexity index is 447. The van der Waals surface area contributed by atoms with Crippen LogP contribution >= 0.6 is 11.3 Å². The summed E-state index contributed by atoms with van der Waals surface area (Å²) in [5.74, 6) is 0. The predicted molar refractivity (Wildman–Crippen MR) is 40.2 cm³/mol. The maximum Gasteiger partial charge on any atom is 0.345 e. The smallest absolute Gasteiger partial charge is 0.305 e. The molecule has 0 aliphatic heterocycles. The van der Waals surface area contributed by atoms with E-state index < -0.39 is 5.69 Å². The third kappa shape index (κ3) is 0.733. The molecule has 0 bridgehead atoms. The monoisotopic (exact) mass is 153 g/mol. The molecule has 4 heteroatoms. The molecule has 0 saturated carbocycles. The van der Waals surface area contributed by atoms with E-state index in [0.29, 0.717) is 5.52 Å². The molecule has 0 unspecified atom stereocenters. The number of thiophene rings is 1. The molecule has 0 spiro atoms. The second-order valence-electron chi connectivity index (χ2n) is 1.82. The molecule has 0 atom stereocenters. The number of H-pyrrole nitrogens is 1. The molecule has 2 aromatic rings. The molecule has 2 aromatic heterocycles. The largest absolute Gasteiger partial charge is 0.345 e. The van der Waals surface area contributed by atoms with Crippen molar-refractivity contribution in [2.24, 2.45) is 0 Å². The number of hydrogen-bond donors (Lipinski definition) is 1. The summed E-state index contributed by atoms with van der Waals surface area (Å²) < 4.78 is 8.03. The first-order chi connectivity index (χ1) is 5.27. The van der Waals surface area contributed by atoms with Crippen LogP contribution in [0.15, 0.2) is 22.4 Å². The minimum atomic E-state index is -0.458. The van der Waals surface area contributed by atoms with Gasteiger partial charge in [0.2, 0.25) is 0 Å². The van der Waals surface area contributed by atoms with Crippen LogP contribution < -0.4 is 5.69 Å². The highest BCUT2D eigenvalue weighted by atomic mass is 32.1. The van der Waals surface area contributed by atoms with Gasteiger partial charge in [-0.05, 0) is 11.4 Å². The minimum absolute atomic E-state index is 0.0544. The van der Waals surface area contributed by atoms with Gasteiger partial charge in [0.15, 0.2) is 0 Å². The number of rotatable bonds is 0. The summed E-state index contributed by atoms with van der Waals surface area (Å²) in [5, 5.41) is 1.82. The van der Waals surface area contributed by atoms with Gasteiger partial charge < -0.3 is 4.98 Å². The van der Waals surface area contributed by atoms with E-state index in [0.717, 1.165) is 4.70 Å². The topological polar surface area (TPSA) is 45.8 Å². The normalized spacial score (nSPS) is 11.8. The number of nitrogens with zero attached hydrogens (tertiary/aromatic N) is 1. The first kappa shape index (κ1) is 4.62. The standard InChI is InChI=1S/C6H4N2OS/c9-6-7-3-5-4(8-6)1-2-10-5/h1-3H,(H,7,8,9)/i3D. The Kier molecular flexibility index (Phi) is 0.885. The van der Waals surface area contributed by atoms with Gasteiger partial charge in [-0.25, -0.2) is 9.78 Å². The van der Waals surface area contributed by atoms with Crippen molar-refractivity contribution in [3.8, 4) is 0 Å². The maximum atomic E-state index is 10.7. The van der Waals surface area contributed by atoms with Crippen molar-refractivity contribution in [2.75, 3.05) is 0 Å². The van der Waals surface area contributed by atoms with E-state index in [1.165, 1.54) is 11.3 Å². The lowest BCUT2D eigenvalue weighted by molar-refractivity contribution is 1.13. The van der Waals surface area contributed by atoms with Crippen LogP contribution in [0.1, 0.15) is 1.37 Å². The van der Waals surface area contributed by atoms with E-state index in [9.17, 15) is 4.79 Å². The summed E-state index contributed by atoms with van der Waals surface area (Å²) in [6, 6.07) is 1.76. The number of aromatic nitrogens is 2. The molecule has 0 fully saturated rings. The molecule has 3 nitrogen and oxygen atoms in total. The van der Waals surface area contributed by atoms with Crippen molar-refractivity contribution in [2.45, 2.75) is 0 Å². The lowest BCUT2D eigenvalue weighted by Crippen LogP contribution is -2.07. The molecule has 0 radical (unpaired) electrons. The second-order valence-corrected chi connectivity index (χ2v) is 2.73. The average Bonchev–Trinajstić information content (AvgIpc) is 2.34. The Labute approximate surface area is 61.8 Å². The Morgan fingerprint density at radius 3 is 3.60 bits per heavy atom. The van der Waals surface area contributed by atoms with E-state index in [2.05, 4.69) is 9.97 Å². The number of nitrogens with one attached hydrogen (secondary N) is 1. The van der Waals surface area contributed by atoms with Gasteiger partial charge in [-0.1, -0.05) is 0 Å². The molecular formula is C6H4N2OS. The highest BCUT2D eigenvalue weighted by Crippen LogP contribution is 2.14. The summed E-state index contributed by atoms with van der Waals surface area (Å²) in [6.07, 6.45) is 0.0544. The van der Waals surface area contributed by atoms with Crippen LogP contribution in [0.4, 0.5) is 0 Å². The summed E-state index contributed by atoms with van der Waals surface area (Å²) in [6.45, 7) is 0. The lowest BCUT2D eigenvalue weighted by Gasteiger charge is -1.83. The van der Waals surface area contributed by atoms with Gasteiger partial charge in [0, 0.05) is 0 Å². The van der Waals surface area contributed by atoms with Crippen LogP contribution in [-0.2, 0) is 0 Å². The van der Waals surface area contributed by atoms with Crippen molar-refractivity contribution in [1.82, 2.24) is 9.97 Å². The van der Waals surface area contributed by atoms with Crippen LogP contribution in [0.25, 0.3) is 10.2 Å². The molecule has 10 heavy (non-hydrogen) atoms. The molecule has 1 N–H and O–H groups in total.